The predicted octanol–water partition coefficient (Wildman–Crippen LogP) is 4.43. The fraction of sp³-hybridized carbons (Fsp3) is 0.174. The molecule has 0 unspecified atom stereocenters. The number of Topliss-reactive ketones (excluding diaryl/α,β-unsaturated/α-hetero) is 1. The van der Waals surface area contributed by atoms with E-state index < -0.39 is 0 Å². The summed E-state index contributed by atoms with van der Waals surface area (Å²) in [5.74, 6) is -0.161. The highest BCUT2D eigenvalue weighted by Crippen LogP contribution is 2.30. The van der Waals surface area contributed by atoms with Gasteiger partial charge in [-0.3, -0.25) is 14.4 Å². The van der Waals surface area contributed by atoms with Crippen LogP contribution in [0.15, 0.2) is 59.7 Å². The lowest BCUT2D eigenvalue weighted by Gasteiger charge is -2.03. The second-order valence-corrected chi connectivity index (χ2v) is 6.77. The van der Waals surface area contributed by atoms with Gasteiger partial charge in [0.1, 0.15) is 0 Å². The van der Waals surface area contributed by atoms with Crippen molar-refractivity contribution < 1.29 is 14.4 Å². The summed E-state index contributed by atoms with van der Waals surface area (Å²) in [6.07, 6.45) is 5.23. The number of allylic oxidation sites excluding steroid dienone is 2. The highest BCUT2D eigenvalue weighted by atomic mass is 16.2. The van der Waals surface area contributed by atoms with E-state index in [1.165, 1.54) is 13.8 Å². The molecule has 0 aromatic heterocycles. The van der Waals surface area contributed by atoms with E-state index in [9.17, 15) is 14.4 Å². The normalized spacial score (nSPS) is 16.4. The van der Waals surface area contributed by atoms with Crippen molar-refractivity contribution in [3.63, 3.8) is 0 Å². The number of carbonyl (C=O) groups is 3. The molecule has 0 saturated heterocycles. The van der Waals surface area contributed by atoms with E-state index in [1.54, 1.807) is 0 Å². The van der Waals surface area contributed by atoms with Crippen molar-refractivity contribution in [1.82, 2.24) is 0 Å². The molecule has 0 spiro atoms. The number of ketones is 1. The highest BCUT2D eigenvalue weighted by Gasteiger charge is 2.22. The van der Waals surface area contributed by atoms with E-state index in [4.69, 9.17) is 0 Å². The summed E-state index contributed by atoms with van der Waals surface area (Å²) in [6.45, 7) is 2.93. The van der Waals surface area contributed by atoms with Gasteiger partial charge in [-0.2, -0.15) is 0 Å². The highest BCUT2D eigenvalue weighted by molar-refractivity contribution is 6.15. The minimum absolute atomic E-state index is 0.0666. The van der Waals surface area contributed by atoms with Crippen LogP contribution in [0.2, 0.25) is 0 Å². The summed E-state index contributed by atoms with van der Waals surface area (Å²) >= 11 is 0. The molecule has 1 saturated carbocycles. The van der Waals surface area contributed by atoms with Gasteiger partial charge < -0.3 is 10.6 Å². The summed E-state index contributed by atoms with van der Waals surface area (Å²) in [5, 5.41) is 5.45. The molecule has 142 valence electrons. The van der Waals surface area contributed by atoms with Gasteiger partial charge in [-0.05, 0) is 60.4 Å². The second kappa shape index (κ2) is 8.48. The van der Waals surface area contributed by atoms with Gasteiger partial charge >= 0.3 is 0 Å². The van der Waals surface area contributed by atoms with Crippen molar-refractivity contribution in [2.45, 2.75) is 26.7 Å². The molecule has 28 heavy (non-hydrogen) atoms. The van der Waals surface area contributed by atoms with Crippen LogP contribution in [0.3, 0.4) is 0 Å². The number of benzene rings is 2. The number of hydrogen-bond donors (Lipinski definition) is 2. The first-order valence-electron chi connectivity index (χ1n) is 9.12. The first-order valence-corrected chi connectivity index (χ1v) is 9.12. The van der Waals surface area contributed by atoms with Crippen LogP contribution in [-0.2, 0) is 14.4 Å². The fourth-order valence-corrected chi connectivity index (χ4v) is 3.11. The van der Waals surface area contributed by atoms with Crippen molar-refractivity contribution in [3.8, 4) is 0 Å². The van der Waals surface area contributed by atoms with Crippen molar-refractivity contribution in [3.05, 3.63) is 70.8 Å². The minimum Gasteiger partial charge on any atom is -0.326 e. The Kier molecular flexibility index (Phi) is 5.84. The Morgan fingerprint density at radius 1 is 0.714 bits per heavy atom. The van der Waals surface area contributed by atoms with Crippen LogP contribution in [0.5, 0.6) is 0 Å². The Morgan fingerprint density at radius 3 is 1.39 bits per heavy atom. The van der Waals surface area contributed by atoms with Gasteiger partial charge in [-0.15, -0.1) is 0 Å². The Hall–Kier alpha value is -3.47. The Morgan fingerprint density at radius 2 is 1.07 bits per heavy atom. The average molecular weight is 374 g/mol. The van der Waals surface area contributed by atoms with Crippen LogP contribution in [-0.4, -0.2) is 17.6 Å². The number of carbonyl (C=O) groups excluding carboxylic acids is 3. The van der Waals surface area contributed by atoms with E-state index in [0.29, 0.717) is 12.8 Å². The summed E-state index contributed by atoms with van der Waals surface area (Å²) < 4.78 is 0. The van der Waals surface area contributed by atoms with Crippen LogP contribution in [0, 0.1) is 0 Å². The summed E-state index contributed by atoms with van der Waals surface area (Å²) in [6, 6.07) is 14.8. The third kappa shape index (κ3) is 5.04. The van der Waals surface area contributed by atoms with Crippen LogP contribution < -0.4 is 10.6 Å². The summed E-state index contributed by atoms with van der Waals surface area (Å²) in [4.78, 5) is 34.8. The zero-order chi connectivity index (χ0) is 20.1. The number of nitrogens with one attached hydrogen (secondary N) is 2. The maximum Gasteiger partial charge on any atom is 0.221 e. The molecule has 1 aliphatic carbocycles. The second-order valence-electron chi connectivity index (χ2n) is 6.77. The quantitative estimate of drug-likeness (QED) is 0.777. The maximum absolute atomic E-state index is 12.7. The minimum atomic E-state index is -0.114. The predicted molar refractivity (Wildman–Crippen MR) is 112 cm³/mol. The number of rotatable bonds is 4. The lowest BCUT2D eigenvalue weighted by Crippen LogP contribution is -2.05. The van der Waals surface area contributed by atoms with Gasteiger partial charge in [0.25, 0.3) is 0 Å². The molecular formula is C23H22N2O3. The number of hydrogen-bond acceptors (Lipinski definition) is 3. The Bertz CT molecular complexity index is 888. The molecule has 1 fully saturated rings. The van der Waals surface area contributed by atoms with Gasteiger partial charge in [0, 0.05) is 36.4 Å². The molecule has 3 rings (SSSR count). The molecule has 2 aromatic carbocycles. The van der Waals surface area contributed by atoms with E-state index in [2.05, 4.69) is 10.6 Å². The Labute approximate surface area is 164 Å². The summed E-state index contributed by atoms with van der Waals surface area (Å²) in [5.41, 5.74) is 4.89. The average Bonchev–Trinajstić information content (AvgIpc) is 2.97. The molecule has 2 N–H and O–H groups in total. The number of amides is 2. The van der Waals surface area contributed by atoms with Crippen molar-refractivity contribution in [2.75, 3.05) is 10.6 Å². The van der Waals surface area contributed by atoms with Crippen LogP contribution in [0.25, 0.3) is 12.2 Å². The third-order valence-corrected chi connectivity index (χ3v) is 4.39. The molecule has 1 aliphatic rings. The van der Waals surface area contributed by atoms with Crippen LogP contribution in [0.1, 0.15) is 37.8 Å². The first-order chi connectivity index (χ1) is 13.4. The van der Waals surface area contributed by atoms with E-state index >= 15 is 0 Å². The van der Waals surface area contributed by atoms with Gasteiger partial charge in [0.05, 0.1) is 0 Å². The van der Waals surface area contributed by atoms with Gasteiger partial charge in [0.2, 0.25) is 11.8 Å². The van der Waals surface area contributed by atoms with Gasteiger partial charge in [-0.1, -0.05) is 24.3 Å². The molecule has 0 radical (unpaired) electrons. The molecule has 0 aliphatic heterocycles. The zero-order valence-corrected chi connectivity index (χ0v) is 15.9. The largest absolute Gasteiger partial charge is 0.326 e. The lowest BCUT2D eigenvalue weighted by atomic mass is 10.1. The van der Waals surface area contributed by atoms with Crippen molar-refractivity contribution in [2.24, 2.45) is 0 Å². The summed E-state index contributed by atoms with van der Waals surface area (Å²) in [7, 11) is 0. The zero-order valence-electron chi connectivity index (χ0n) is 15.9. The van der Waals surface area contributed by atoms with E-state index in [1.807, 2.05) is 60.7 Å². The Balaban J connectivity index is 1.71. The molecule has 0 atom stereocenters. The topological polar surface area (TPSA) is 75.3 Å². The first kappa shape index (κ1) is 19.3. The van der Waals surface area contributed by atoms with Crippen LogP contribution >= 0.6 is 0 Å². The van der Waals surface area contributed by atoms with Crippen molar-refractivity contribution in [1.29, 1.82) is 0 Å². The van der Waals surface area contributed by atoms with Gasteiger partial charge in [0.15, 0.2) is 5.78 Å². The van der Waals surface area contributed by atoms with Crippen LogP contribution in [0.4, 0.5) is 11.4 Å². The standard InChI is InChI=1S/C23H22N2O3/c1-15(26)24-21-9-3-17(4-10-21)13-19-7-8-20(23(19)28)14-18-5-11-22(12-6-18)25-16(2)27/h3-6,9-14H,7-8H2,1-2H3,(H,24,26)(H,25,27). The number of anilines is 2. The van der Waals surface area contributed by atoms with Crippen molar-refractivity contribution >= 4 is 41.1 Å². The molecule has 5 heteroatoms. The molecule has 2 amide bonds. The molecule has 5 nitrogen and oxygen atoms in total. The fourth-order valence-electron chi connectivity index (χ4n) is 3.11. The monoisotopic (exact) mass is 374 g/mol. The molecule has 2 aromatic rings. The third-order valence-electron chi connectivity index (χ3n) is 4.39. The maximum atomic E-state index is 12.7. The smallest absolute Gasteiger partial charge is 0.221 e. The van der Waals surface area contributed by atoms with E-state index in [-0.39, 0.29) is 17.6 Å². The lowest BCUT2D eigenvalue weighted by molar-refractivity contribution is -0.115. The SMILES string of the molecule is CC(=O)Nc1ccc(C=C2CCC(=Cc3ccc(NC(C)=O)cc3)C2=O)cc1. The molecular weight excluding hydrogens is 352 g/mol. The van der Waals surface area contributed by atoms with E-state index in [0.717, 1.165) is 33.6 Å². The van der Waals surface area contributed by atoms with Gasteiger partial charge in [-0.25, -0.2) is 0 Å². The molecule has 0 bridgehead atoms. The molecule has 0 heterocycles.